The summed E-state index contributed by atoms with van der Waals surface area (Å²) in [5.74, 6) is 1.71. The highest BCUT2D eigenvalue weighted by Crippen LogP contribution is 2.45. The maximum Gasteiger partial charge on any atom is 0.203 e. The molecule has 0 radical (unpaired) electrons. The second kappa shape index (κ2) is 4.53. The number of nitrogens with zero attached hydrogens (tertiary/aromatic N) is 1. The summed E-state index contributed by atoms with van der Waals surface area (Å²) in [7, 11) is 4.70. The third-order valence-corrected chi connectivity index (χ3v) is 2.95. The van der Waals surface area contributed by atoms with E-state index in [9.17, 15) is 0 Å². The molecule has 17 heavy (non-hydrogen) atoms. The van der Waals surface area contributed by atoms with Crippen LogP contribution in [-0.2, 0) is 6.42 Å². The smallest absolute Gasteiger partial charge is 0.203 e. The Kier molecular flexibility index (Phi) is 3.08. The van der Waals surface area contributed by atoms with Gasteiger partial charge in [-0.2, -0.15) is 0 Å². The summed E-state index contributed by atoms with van der Waals surface area (Å²) in [5, 5.41) is 12.3. The number of aryl methyl sites for hydroxylation is 1. The van der Waals surface area contributed by atoms with E-state index in [0.717, 1.165) is 17.5 Å². The summed E-state index contributed by atoms with van der Waals surface area (Å²) in [4.78, 5) is 0. The van der Waals surface area contributed by atoms with Crippen molar-refractivity contribution in [1.29, 1.82) is 0 Å². The molecule has 5 heteroatoms. The van der Waals surface area contributed by atoms with Crippen molar-refractivity contribution in [1.82, 2.24) is 0 Å². The van der Waals surface area contributed by atoms with Crippen LogP contribution < -0.4 is 14.2 Å². The van der Waals surface area contributed by atoms with Gasteiger partial charge in [0.05, 0.1) is 27.0 Å². The molecule has 0 aliphatic heterocycles. The zero-order valence-corrected chi connectivity index (χ0v) is 10.1. The van der Waals surface area contributed by atoms with Crippen LogP contribution in [0.5, 0.6) is 17.2 Å². The number of methoxy groups -OCH3 is 3. The summed E-state index contributed by atoms with van der Waals surface area (Å²) >= 11 is 0. The number of rotatable bonds is 3. The van der Waals surface area contributed by atoms with E-state index >= 15 is 0 Å². The molecular formula is C12H15NO4. The normalized spacial score (nSPS) is 15.8. The first-order valence-corrected chi connectivity index (χ1v) is 5.30. The molecule has 1 N–H and O–H groups in total. The Hall–Kier alpha value is -1.91. The van der Waals surface area contributed by atoms with Gasteiger partial charge in [-0.15, -0.1) is 0 Å². The molecule has 2 rings (SSSR count). The van der Waals surface area contributed by atoms with Gasteiger partial charge in [-0.25, -0.2) is 0 Å². The highest BCUT2D eigenvalue weighted by molar-refractivity contribution is 6.07. The Morgan fingerprint density at radius 2 is 1.76 bits per heavy atom. The zero-order chi connectivity index (χ0) is 12.4. The fourth-order valence-corrected chi connectivity index (χ4v) is 2.20. The van der Waals surface area contributed by atoms with Gasteiger partial charge in [0.15, 0.2) is 11.5 Å². The third kappa shape index (κ3) is 1.67. The van der Waals surface area contributed by atoms with Gasteiger partial charge < -0.3 is 19.4 Å². The molecule has 1 aliphatic rings. The Morgan fingerprint density at radius 1 is 1.06 bits per heavy atom. The van der Waals surface area contributed by atoms with Crippen LogP contribution in [0.2, 0.25) is 0 Å². The van der Waals surface area contributed by atoms with Gasteiger partial charge in [-0.1, -0.05) is 5.16 Å². The van der Waals surface area contributed by atoms with Crippen LogP contribution >= 0.6 is 0 Å². The van der Waals surface area contributed by atoms with Gasteiger partial charge in [0, 0.05) is 5.56 Å². The van der Waals surface area contributed by atoms with E-state index in [2.05, 4.69) is 5.16 Å². The lowest BCUT2D eigenvalue weighted by Gasteiger charge is -2.15. The van der Waals surface area contributed by atoms with Gasteiger partial charge in [-0.3, -0.25) is 0 Å². The predicted octanol–water partition coefficient (Wildman–Crippen LogP) is 1.84. The van der Waals surface area contributed by atoms with Gasteiger partial charge >= 0.3 is 0 Å². The minimum absolute atomic E-state index is 0.525. The molecule has 1 aromatic carbocycles. The van der Waals surface area contributed by atoms with Crippen LogP contribution in [-0.4, -0.2) is 32.2 Å². The van der Waals surface area contributed by atoms with Gasteiger partial charge in [0.1, 0.15) is 0 Å². The molecule has 0 atom stereocenters. The Labute approximate surface area is 99.6 Å². The molecule has 0 saturated heterocycles. The van der Waals surface area contributed by atoms with Crippen molar-refractivity contribution in [2.24, 2.45) is 5.16 Å². The van der Waals surface area contributed by atoms with E-state index in [0.29, 0.717) is 29.4 Å². The first-order chi connectivity index (χ1) is 8.26. The minimum atomic E-state index is 0.525. The maximum atomic E-state index is 8.98. The quantitative estimate of drug-likeness (QED) is 0.643. The number of ether oxygens (including phenoxy) is 3. The van der Waals surface area contributed by atoms with Crippen LogP contribution in [0, 0.1) is 0 Å². The topological polar surface area (TPSA) is 60.3 Å². The van der Waals surface area contributed by atoms with Crippen molar-refractivity contribution in [3.8, 4) is 17.2 Å². The predicted molar refractivity (Wildman–Crippen MR) is 62.7 cm³/mol. The third-order valence-electron chi connectivity index (χ3n) is 2.95. The molecule has 0 bridgehead atoms. The first kappa shape index (κ1) is 11.6. The molecule has 0 spiro atoms. The highest BCUT2D eigenvalue weighted by Gasteiger charge is 2.28. The molecule has 1 aliphatic carbocycles. The van der Waals surface area contributed by atoms with E-state index in [1.54, 1.807) is 21.3 Å². The average Bonchev–Trinajstić information content (AvgIpc) is 2.78. The van der Waals surface area contributed by atoms with Crippen molar-refractivity contribution >= 4 is 5.71 Å². The van der Waals surface area contributed by atoms with Gasteiger partial charge in [0.2, 0.25) is 5.75 Å². The van der Waals surface area contributed by atoms with E-state index < -0.39 is 0 Å². The number of hydrogen-bond acceptors (Lipinski definition) is 5. The summed E-state index contributed by atoms with van der Waals surface area (Å²) in [6.07, 6.45) is 1.50. The van der Waals surface area contributed by atoms with E-state index in [-0.39, 0.29) is 0 Å². The summed E-state index contributed by atoms with van der Waals surface area (Å²) < 4.78 is 15.9. The van der Waals surface area contributed by atoms with Crippen molar-refractivity contribution in [3.05, 3.63) is 17.2 Å². The van der Waals surface area contributed by atoms with Crippen molar-refractivity contribution < 1.29 is 19.4 Å². The number of hydrogen-bond donors (Lipinski definition) is 1. The van der Waals surface area contributed by atoms with Gasteiger partial charge in [0.25, 0.3) is 0 Å². The Morgan fingerprint density at radius 3 is 2.29 bits per heavy atom. The summed E-state index contributed by atoms with van der Waals surface area (Å²) in [6.45, 7) is 0. The van der Waals surface area contributed by atoms with E-state index in [1.165, 1.54) is 0 Å². The zero-order valence-electron chi connectivity index (χ0n) is 10.1. The summed E-state index contributed by atoms with van der Waals surface area (Å²) in [6, 6.07) is 1.90. The Bertz CT molecular complexity index is 468. The molecule has 0 heterocycles. The van der Waals surface area contributed by atoms with E-state index in [4.69, 9.17) is 19.4 Å². The molecule has 1 aromatic rings. The molecule has 5 nitrogen and oxygen atoms in total. The lowest BCUT2D eigenvalue weighted by atomic mass is 10.1. The van der Waals surface area contributed by atoms with Gasteiger partial charge in [-0.05, 0) is 24.5 Å². The molecule has 0 saturated carbocycles. The van der Waals surface area contributed by atoms with Crippen LogP contribution in [0.15, 0.2) is 11.2 Å². The van der Waals surface area contributed by atoms with Crippen LogP contribution in [0.25, 0.3) is 0 Å². The molecular weight excluding hydrogens is 222 g/mol. The van der Waals surface area contributed by atoms with Crippen LogP contribution in [0.4, 0.5) is 0 Å². The number of benzene rings is 1. The minimum Gasteiger partial charge on any atom is -0.493 e. The second-order valence-electron chi connectivity index (χ2n) is 3.73. The monoisotopic (exact) mass is 237 g/mol. The average molecular weight is 237 g/mol. The lowest BCUT2D eigenvalue weighted by molar-refractivity contribution is 0.316. The van der Waals surface area contributed by atoms with E-state index in [1.807, 2.05) is 6.07 Å². The molecule has 0 fully saturated rings. The Balaban J connectivity index is 2.70. The molecule has 0 aromatic heterocycles. The number of oxime groups is 1. The van der Waals surface area contributed by atoms with Crippen LogP contribution in [0.3, 0.4) is 0 Å². The van der Waals surface area contributed by atoms with Crippen molar-refractivity contribution in [3.63, 3.8) is 0 Å². The second-order valence-corrected chi connectivity index (χ2v) is 3.73. The molecule has 0 unspecified atom stereocenters. The maximum absolute atomic E-state index is 8.98. The number of fused-ring (bicyclic) bond motifs is 1. The summed E-state index contributed by atoms with van der Waals surface area (Å²) in [5.41, 5.74) is 2.48. The molecule has 0 amide bonds. The SMILES string of the molecule is COc1cc2c(c(OC)c1OC)C(=NO)CC2. The van der Waals surface area contributed by atoms with Crippen molar-refractivity contribution in [2.45, 2.75) is 12.8 Å². The highest BCUT2D eigenvalue weighted by atomic mass is 16.5. The largest absolute Gasteiger partial charge is 0.493 e. The lowest BCUT2D eigenvalue weighted by Crippen LogP contribution is -2.03. The van der Waals surface area contributed by atoms with Crippen molar-refractivity contribution in [2.75, 3.05) is 21.3 Å². The standard InChI is InChI=1S/C12H15NO4/c1-15-9-6-7-4-5-8(13-14)10(7)12(17-3)11(9)16-2/h6,14H,4-5H2,1-3H3. The molecule has 92 valence electrons. The fraction of sp³-hybridized carbons (Fsp3) is 0.417. The van der Waals surface area contributed by atoms with Crippen LogP contribution in [0.1, 0.15) is 17.5 Å². The first-order valence-electron chi connectivity index (χ1n) is 5.30. The fourth-order valence-electron chi connectivity index (χ4n) is 2.20.